The molecule has 0 saturated heterocycles. The first-order valence-corrected chi connectivity index (χ1v) is 8.04. The summed E-state index contributed by atoms with van der Waals surface area (Å²) < 4.78 is 0. The summed E-state index contributed by atoms with van der Waals surface area (Å²) in [7, 11) is 0. The molecule has 0 spiro atoms. The van der Waals surface area contributed by atoms with Gasteiger partial charge in [-0.2, -0.15) is 0 Å². The standard InChI is InChI=1S/C16H33O5/c1-3-13(18)6-7-15(20)10-11-16(21)9-8-14(19)5-4-12(2)17/h12-21H,1,3-11H2,2H3. The van der Waals surface area contributed by atoms with E-state index in [0.29, 0.717) is 57.8 Å². The summed E-state index contributed by atoms with van der Waals surface area (Å²) >= 11 is 0. The van der Waals surface area contributed by atoms with Gasteiger partial charge in [-0.3, -0.25) is 0 Å². The van der Waals surface area contributed by atoms with Gasteiger partial charge in [0.05, 0.1) is 30.5 Å². The molecule has 5 N–H and O–H groups in total. The van der Waals surface area contributed by atoms with E-state index in [0.717, 1.165) is 0 Å². The highest BCUT2D eigenvalue weighted by Crippen LogP contribution is 2.15. The Morgan fingerprint density at radius 2 is 0.857 bits per heavy atom. The van der Waals surface area contributed by atoms with Gasteiger partial charge in [0.25, 0.3) is 0 Å². The van der Waals surface area contributed by atoms with Crippen LogP contribution in [-0.2, 0) is 0 Å². The monoisotopic (exact) mass is 305 g/mol. The molecule has 0 rings (SSSR count). The van der Waals surface area contributed by atoms with Crippen LogP contribution >= 0.6 is 0 Å². The molecule has 0 fully saturated rings. The molecule has 0 heterocycles. The molecule has 1 radical (unpaired) electrons. The smallest absolute Gasteiger partial charge is 0.0542 e. The molecule has 0 aromatic heterocycles. The van der Waals surface area contributed by atoms with E-state index >= 15 is 0 Å². The molecule has 0 bridgehead atoms. The Labute approximate surface area is 128 Å². The van der Waals surface area contributed by atoms with Gasteiger partial charge < -0.3 is 25.5 Å². The van der Waals surface area contributed by atoms with E-state index in [4.69, 9.17) is 5.11 Å². The molecule has 0 amide bonds. The lowest BCUT2D eigenvalue weighted by atomic mass is 9.99. The molecule has 0 aliphatic heterocycles. The molecule has 0 saturated carbocycles. The van der Waals surface area contributed by atoms with E-state index in [1.165, 1.54) is 0 Å². The van der Waals surface area contributed by atoms with Crippen molar-refractivity contribution in [1.82, 2.24) is 0 Å². The number of hydrogen-bond acceptors (Lipinski definition) is 5. The van der Waals surface area contributed by atoms with Crippen molar-refractivity contribution in [2.45, 2.75) is 95.2 Å². The van der Waals surface area contributed by atoms with E-state index in [2.05, 4.69) is 6.92 Å². The molecule has 5 atom stereocenters. The van der Waals surface area contributed by atoms with Crippen LogP contribution in [0.3, 0.4) is 0 Å². The first-order chi connectivity index (χ1) is 9.85. The van der Waals surface area contributed by atoms with Crippen molar-refractivity contribution in [3.8, 4) is 0 Å². The predicted octanol–water partition coefficient (Wildman–Crippen LogP) is 1.16. The second kappa shape index (κ2) is 12.4. The van der Waals surface area contributed by atoms with Gasteiger partial charge in [0, 0.05) is 0 Å². The summed E-state index contributed by atoms with van der Waals surface area (Å²) in [5.41, 5.74) is 0. The van der Waals surface area contributed by atoms with Gasteiger partial charge in [0.1, 0.15) is 0 Å². The van der Waals surface area contributed by atoms with Crippen molar-refractivity contribution in [3.05, 3.63) is 6.92 Å². The summed E-state index contributed by atoms with van der Waals surface area (Å²) in [5.74, 6) is 0. The lowest BCUT2D eigenvalue weighted by Gasteiger charge is -2.17. The fraction of sp³-hybridized carbons (Fsp3) is 0.938. The molecule has 0 aliphatic carbocycles. The third-order valence-corrected chi connectivity index (χ3v) is 3.75. The van der Waals surface area contributed by atoms with Gasteiger partial charge in [0.15, 0.2) is 0 Å². The van der Waals surface area contributed by atoms with E-state index in [1.54, 1.807) is 6.92 Å². The zero-order chi connectivity index (χ0) is 16.3. The fourth-order valence-corrected chi connectivity index (χ4v) is 2.17. The minimum Gasteiger partial charge on any atom is -0.393 e. The summed E-state index contributed by atoms with van der Waals surface area (Å²) in [6.07, 6.45) is 2.16. The van der Waals surface area contributed by atoms with E-state index in [1.807, 2.05) is 0 Å². The van der Waals surface area contributed by atoms with Crippen molar-refractivity contribution in [1.29, 1.82) is 0 Å². The van der Waals surface area contributed by atoms with Gasteiger partial charge >= 0.3 is 0 Å². The van der Waals surface area contributed by atoms with E-state index in [9.17, 15) is 20.4 Å². The van der Waals surface area contributed by atoms with Crippen LogP contribution < -0.4 is 0 Å². The van der Waals surface area contributed by atoms with Crippen LogP contribution in [0.1, 0.15) is 64.7 Å². The van der Waals surface area contributed by atoms with Gasteiger partial charge in [-0.05, 0) is 64.7 Å². The Morgan fingerprint density at radius 1 is 0.571 bits per heavy atom. The largest absolute Gasteiger partial charge is 0.393 e. The van der Waals surface area contributed by atoms with Crippen LogP contribution in [0.5, 0.6) is 0 Å². The second-order valence-electron chi connectivity index (χ2n) is 6.06. The van der Waals surface area contributed by atoms with Crippen molar-refractivity contribution < 1.29 is 25.5 Å². The van der Waals surface area contributed by atoms with Crippen LogP contribution in [0.4, 0.5) is 0 Å². The van der Waals surface area contributed by atoms with Gasteiger partial charge in [-0.1, -0.05) is 6.92 Å². The minimum atomic E-state index is -0.529. The van der Waals surface area contributed by atoms with Crippen molar-refractivity contribution in [3.63, 3.8) is 0 Å². The molecule has 0 aromatic carbocycles. The van der Waals surface area contributed by atoms with Crippen LogP contribution in [0.15, 0.2) is 0 Å². The molecular weight excluding hydrogens is 272 g/mol. The zero-order valence-electron chi connectivity index (χ0n) is 13.2. The Hall–Kier alpha value is -0.200. The fourth-order valence-electron chi connectivity index (χ4n) is 2.17. The maximum absolute atomic E-state index is 9.82. The van der Waals surface area contributed by atoms with E-state index in [-0.39, 0.29) is 0 Å². The number of aliphatic hydroxyl groups excluding tert-OH is 5. The Balaban J connectivity index is 3.62. The summed E-state index contributed by atoms with van der Waals surface area (Å²) in [6, 6.07) is 0. The second-order valence-corrected chi connectivity index (χ2v) is 6.06. The molecule has 0 aliphatic rings. The topological polar surface area (TPSA) is 101 Å². The lowest BCUT2D eigenvalue weighted by molar-refractivity contribution is 0.0709. The van der Waals surface area contributed by atoms with E-state index < -0.39 is 30.5 Å². The highest BCUT2D eigenvalue weighted by atomic mass is 16.3. The Kier molecular flexibility index (Phi) is 12.2. The lowest BCUT2D eigenvalue weighted by Crippen LogP contribution is -2.18. The van der Waals surface area contributed by atoms with Crippen LogP contribution in [-0.4, -0.2) is 56.1 Å². The maximum atomic E-state index is 9.82. The third kappa shape index (κ3) is 13.2. The molecular formula is C16H33O5. The van der Waals surface area contributed by atoms with Gasteiger partial charge in [-0.15, -0.1) is 0 Å². The van der Waals surface area contributed by atoms with Crippen molar-refractivity contribution in [2.75, 3.05) is 0 Å². The molecule has 5 unspecified atom stereocenters. The average Bonchev–Trinajstić information content (AvgIpc) is 2.45. The molecule has 127 valence electrons. The highest BCUT2D eigenvalue weighted by Gasteiger charge is 2.13. The molecule has 21 heavy (non-hydrogen) atoms. The maximum Gasteiger partial charge on any atom is 0.0542 e. The predicted molar refractivity (Wildman–Crippen MR) is 82.6 cm³/mol. The minimum absolute atomic E-state index is 0.409. The molecule has 5 nitrogen and oxygen atoms in total. The number of rotatable bonds is 13. The first kappa shape index (κ1) is 20.8. The Bertz CT molecular complexity index is 235. The number of hydrogen-bond donors (Lipinski definition) is 5. The SMILES string of the molecule is [CH2]CC(O)CCC(O)CCC(O)CCC(O)CCC(C)O. The van der Waals surface area contributed by atoms with Gasteiger partial charge in [0.2, 0.25) is 0 Å². The van der Waals surface area contributed by atoms with Crippen molar-refractivity contribution in [2.24, 2.45) is 0 Å². The third-order valence-electron chi connectivity index (χ3n) is 3.75. The summed E-state index contributed by atoms with van der Waals surface area (Å²) in [5, 5.41) is 47.7. The van der Waals surface area contributed by atoms with Gasteiger partial charge in [-0.25, -0.2) is 0 Å². The highest BCUT2D eigenvalue weighted by molar-refractivity contribution is 4.67. The van der Waals surface area contributed by atoms with Crippen LogP contribution in [0, 0.1) is 6.92 Å². The number of aliphatic hydroxyl groups is 5. The normalized spacial score (nSPS) is 19.0. The summed E-state index contributed by atoms with van der Waals surface area (Å²) in [6.45, 7) is 5.28. The Morgan fingerprint density at radius 3 is 1.14 bits per heavy atom. The zero-order valence-corrected chi connectivity index (χ0v) is 13.2. The first-order valence-electron chi connectivity index (χ1n) is 8.04. The summed E-state index contributed by atoms with van der Waals surface area (Å²) in [4.78, 5) is 0. The molecule has 0 aromatic rings. The molecule has 5 heteroatoms. The average molecular weight is 305 g/mol. The van der Waals surface area contributed by atoms with Crippen LogP contribution in [0.25, 0.3) is 0 Å². The van der Waals surface area contributed by atoms with Crippen LogP contribution in [0.2, 0.25) is 0 Å². The quantitative estimate of drug-likeness (QED) is 0.351. The van der Waals surface area contributed by atoms with Crippen molar-refractivity contribution >= 4 is 0 Å².